The first-order valence-electron chi connectivity index (χ1n) is 8.22. The van der Waals surface area contributed by atoms with Gasteiger partial charge in [-0.25, -0.2) is 9.37 Å². The Bertz CT molecular complexity index is 1220. The summed E-state index contributed by atoms with van der Waals surface area (Å²) in [4.78, 5) is 15.4. The lowest BCUT2D eigenvalue weighted by Crippen LogP contribution is -2.05. The Morgan fingerprint density at radius 2 is 2.04 bits per heavy atom. The fraction of sp³-hybridized carbons (Fsp3) is 0.0952. The van der Waals surface area contributed by atoms with Crippen LogP contribution < -0.4 is 0 Å². The van der Waals surface area contributed by atoms with Crippen LogP contribution in [0.15, 0.2) is 53.1 Å². The van der Waals surface area contributed by atoms with Crippen LogP contribution in [0.2, 0.25) is 0 Å². The highest BCUT2D eigenvalue weighted by atomic mass is 19.1. The maximum Gasteiger partial charge on any atom is 0.302 e. The fourth-order valence-corrected chi connectivity index (χ4v) is 3.19. The molecular formula is C21H13FN2O3. The van der Waals surface area contributed by atoms with E-state index in [1.165, 1.54) is 13.1 Å². The molecule has 6 heteroatoms. The number of hydrogen-bond acceptors (Lipinski definition) is 5. The topological polar surface area (TPSA) is 76.1 Å². The predicted octanol–water partition coefficient (Wildman–Crippen LogP) is 4.72. The second kappa shape index (κ2) is 6.54. The van der Waals surface area contributed by atoms with Crippen molar-refractivity contribution in [3.8, 4) is 17.2 Å². The maximum atomic E-state index is 15.7. The summed E-state index contributed by atoms with van der Waals surface area (Å²) in [6.45, 7) is 1.02. The molecule has 0 radical (unpaired) electrons. The SMILES string of the molecule is CC(=O)OCc1c(-c2ccccc2)c(F)c2c(oc3ncccc32)c1C#N. The summed E-state index contributed by atoms with van der Waals surface area (Å²) in [5.74, 6) is -1.06. The Morgan fingerprint density at radius 1 is 1.26 bits per heavy atom. The number of carbonyl (C=O) groups is 1. The summed E-state index contributed by atoms with van der Waals surface area (Å²) in [5, 5.41) is 10.5. The standard InChI is InChI=1S/C21H13FN2O3/c1-12(25)26-11-16-15(10-23)20-18(14-8-5-9-24-21(14)27-20)19(22)17(16)13-6-3-2-4-7-13/h2-9H,11H2,1H3. The summed E-state index contributed by atoms with van der Waals surface area (Å²) in [6, 6.07) is 14.3. The minimum absolute atomic E-state index is 0.102. The molecule has 0 unspecified atom stereocenters. The molecule has 132 valence electrons. The number of nitriles is 1. The summed E-state index contributed by atoms with van der Waals surface area (Å²) in [5.41, 5.74) is 1.53. The molecular weight excluding hydrogens is 347 g/mol. The molecule has 27 heavy (non-hydrogen) atoms. The third kappa shape index (κ3) is 2.70. The number of ether oxygens (including phenoxy) is 1. The first kappa shape index (κ1) is 16.7. The van der Waals surface area contributed by atoms with Gasteiger partial charge in [-0.05, 0) is 17.7 Å². The molecule has 4 aromatic rings. The highest BCUT2D eigenvalue weighted by molar-refractivity contribution is 6.08. The van der Waals surface area contributed by atoms with E-state index in [0.717, 1.165) is 0 Å². The molecule has 0 fully saturated rings. The van der Waals surface area contributed by atoms with Gasteiger partial charge in [-0.1, -0.05) is 30.3 Å². The van der Waals surface area contributed by atoms with Crippen molar-refractivity contribution in [3.63, 3.8) is 0 Å². The molecule has 0 aliphatic carbocycles. The van der Waals surface area contributed by atoms with E-state index in [1.54, 1.807) is 36.4 Å². The van der Waals surface area contributed by atoms with Gasteiger partial charge in [0.2, 0.25) is 5.71 Å². The monoisotopic (exact) mass is 360 g/mol. The molecule has 2 heterocycles. The zero-order valence-corrected chi connectivity index (χ0v) is 14.3. The highest BCUT2D eigenvalue weighted by Crippen LogP contribution is 2.40. The van der Waals surface area contributed by atoms with Gasteiger partial charge >= 0.3 is 5.97 Å². The summed E-state index contributed by atoms with van der Waals surface area (Å²) in [7, 11) is 0. The van der Waals surface area contributed by atoms with Crippen molar-refractivity contribution < 1.29 is 18.3 Å². The largest absolute Gasteiger partial charge is 0.461 e. The lowest BCUT2D eigenvalue weighted by atomic mass is 9.92. The summed E-state index contributed by atoms with van der Waals surface area (Å²) >= 11 is 0. The molecule has 2 aromatic heterocycles. The normalized spacial score (nSPS) is 10.9. The zero-order chi connectivity index (χ0) is 19.0. The van der Waals surface area contributed by atoms with E-state index in [2.05, 4.69) is 11.1 Å². The molecule has 0 aliphatic rings. The van der Waals surface area contributed by atoms with E-state index in [0.29, 0.717) is 10.9 Å². The minimum atomic E-state index is -0.538. The van der Waals surface area contributed by atoms with E-state index in [9.17, 15) is 10.1 Å². The average molecular weight is 360 g/mol. The van der Waals surface area contributed by atoms with Gasteiger partial charge in [-0.2, -0.15) is 5.26 Å². The molecule has 0 atom stereocenters. The van der Waals surface area contributed by atoms with Gasteiger partial charge in [0, 0.05) is 24.2 Å². The number of carbonyl (C=O) groups excluding carboxylic acids is 1. The van der Waals surface area contributed by atoms with Gasteiger partial charge in [-0.15, -0.1) is 0 Å². The second-order valence-corrected chi connectivity index (χ2v) is 5.96. The van der Waals surface area contributed by atoms with E-state index >= 15 is 4.39 Å². The predicted molar refractivity (Wildman–Crippen MR) is 97.1 cm³/mol. The van der Waals surface area contributed by atoms with Crippen LogP contribution in [0.4, 0.5) is 4.39 Å². The summed E-state index contributed by atoms with van der Waals surface area (Å²) < 4.78 is 26.5. The smallest absolute Gasteiger partial charge is 0.302 e. The number of rotatable bonds is 3. The van der Waals surface area contributed by atoms with Crippen LogP contribution in [0.5, 0.6) is 0 Å². The summed E-state index contributed by atoms with van der Waals surface area (Å²) in [6.07, 6.45) is 1.53. The van der Waals surface area contributed by atoms with Crippen molar-refractivity contribution in [2.24, 2.45) is 0 Å². The zero-order valence-electron chi connectivity index (χ0n) is 14.3. The van der Waals surface area contributed by atoms with Crippen LogP contribution in [-0.4, -0.2) is 11.0 Å². The van der Waals surface area contributed by atoms with Crippen molar-refractivity contribution in [2.75, 3.05) is 0 Å². The first-order valence-corrected chi connectivity index (χ1v) is 8.22. The number of esters is 1. The van der Waals surface area contributed by atoms with Crippen molar-refractivity contribution in [3.05, 3.63) is 65.6 Å². The molecule has 2 aromatic carbocycles. The Morgan fingerprint density at radius 3 is 2.74 bits per heavy atom. The number of hydrogen-bond donors (Lipinski definition) is 0. The molecule has 0 saturated carbocycles. The van der Waals surface area contributed by atoms with Crippen LogP contribution in [0.25, 0.3) is 33.2 Å². The first-order chi connectivity index (χ1) is 13.1. The lowest BCUT2D eigenvalue weighted by Gasteiger charge is -2.14. The van der Waals surface area contributed by atoms with E-state index in [1.807, 2.05) is 6.07 Å². The third-order valence-corrected chi connectivity index (χ3v) is 4.33. The molecule has 0 spiro atoms. The van der Waals surface area contributed by atoms with E-state index < -0.39 is 11.8 Å². The Hall–Kier alpha value is -3.72. The van der Waals surface area contributed by atoms with Crippen LogP contribution in [-0.2, 0) is 16.1 Å². The van der Waals surface area contributed by atoms with Crippen LogP contribution >= 0.6 is 0 Å². The van der Waals surface area contributed by atoms with Crippen LogP contribution in [0.1, 0.15) is 18.1 Å². The molecule has 0 amide bonds. The second-order valence-electron chi connectivity index (χ2n) is 5.96. The minimum Gasteiger partial charge on any atom is -0.461 e. The van der Waals surface area contributed by atoms with Crippen molar-refractivity contribution in [1.29, 1.82) is 5.26 Å². The lowest BCUT2D eigenvalue weighted by molar-refractivity contribution is -0.142. The number of aromatic nitrogens is 1. The molecule has 4 rings (SSSR count). The highest BCUT2D eigenvalue weighted by Gasteiger charge is 2.26. The molecule has 0 bridgehead atoms. The van der Waals surface area contributed by atoms with E-state index in [-0.39, 0.29) is 40.0 Å². The van der Waals surface area contributed by atoms with Crippen LogP contribution in [0.3, 0.4) is 0 Å². The Balaban J connectivity index is 2.16. The molecule has 0 N–H and O–H groups in total. The van der Waals surface area contributed by atoms with Gasteiger partial charge in [0.05, 0.1) is 10.8 Å². The number of pyridine rings is 1. The van der Waals surface area contributed by atoms with Crippen molar-refractivity contribution >= 4 is 28.0 Å². The van der Waals surface area contributed by atoms with Gasteiger partial charge < -0.3 is 9.15 Å². The number of halogens is 1. The maximum absolute atomic E-state index is 15.7. The molecule has 5 nitrogen and oxygen atoms in total. The van der Waals surface area contributed by atoms with Gasteiger partial charge in [0.1, 0.15) is 24.1 Å². The average Bonchev–Trinajstić information content (AvgIpc) is 3.06. The van der Waals surface area contributed by atoms with Gasteiger partial charge in [-0.3, -0.25) is 4.79 Å². The fourth-order valence-electron chi connectivity index (χ4n) is 3.19. The number of fused-ring (bicyclic) bond motifs is 3. The Labute approximate surface area is 153 Å². The number of benzene rings is 2. The number of furan rings is 1. The van der Waals surface area contributed by atoms with Gasteiger partial charge in [0.25, 0.3) is 0 Å². The Kier molecular flexibility index (Phi) is 4.05. The van der Waals surface area contributed by atoms with E-state index in [4.69, 9.17) is 9.15 Å². The molecule has 0 aliphatic heterocycles. The number of nitrogens with zero attached hydrogens (tertiary/aromatic N) is 2. The molecule has 0 saturated heterocycles. The third-order valence-electron chi connectivity index (χ3n) is 4.33. The van der Waals surface area contributed by atoms with Crippen molar-refractivity contribution in [2.45, 2.75) is 13.5 Å². The quantitative estimate of drug-likeness (QED) is 0.494. The van der Waals surface area contributed by atoms with Crippen molar-refractivity contribution in [1.82, 2.24) is 4.98 Å². The van der Waals surface area contributed by atoms with Crippen LogP contribution in [0, 0.1) is 17.1 Å². The van der Waals surface area contributed by atoms with Gasteiger partial charge in [0.15, 0.2) is 5.58 Å².